The highest BCUT2D eigenvalue weighted by atomic mass is 32.1. The first-order valence-electron chi connectivity index (χ1n) is 6.13. The summed E-state index contributed by atoms with van der Waals surface area (Å²) in [7, 11) is 0. The Kier molecular flexibility index (Phi) is 3.31. The molecule has 0 spiro atoms. The van der Waals surface area contributed by atoms with Crippen molar-refractivity contribution in [2.45, 2.75) is 64.8 Å². The maximum absolute atomic E-state index is 6.07. The highest BCUT2D eigenvalue weighted by Gasteiger charge is 2.45. The highest BCUT2D eigenvalue weighted by Crippen LogP contribution is 2.37. The number of ether oxygens (including phenoxy) is 1. The van der Waals surface area contributed by atoms with E-state index in [2.05, 4.69) is 44.9 Å². The zero-order chi connectivity index (χ0) is 12.7. The van der Waals surface area contributed by atoms with Gasteiger partial charge < -0.3 is 10.1 Å². The van der Waals surface area contributed by atoms with E-state index < -0.39 is 0 Å². The van der Waals surface area contributed by atoms with Gasteiger partial charge in [0, 0.05) is 17.5 Å². The number of hydrogen-bond acceptors (Lipinski definition) is 4. The molecule has 1 aromatic rings. The summed E-state index contributed by atoms with van der Waals surface area (Å²) in [5.74, 6) is 0. The average molecular weight is 254 g/mol. The number of aromatic nitrogens is 1. The largest absolute Gasteiger partial charge is 0.368 e. The summed E-state index contributed by atoms with van der Waals surface area (Å²) in [5.41, 5.74) is 2.93. The van der Waals surface area contributed by atoms with Crippen LogP contribution in [-0.4, -0.2) is 22.2 Å². The van der Waals surface area contributed by atoms with Crippen molar-refractivity contribution in [1.29, 1.82) is 0 Å². The first-order valence-corrected chi connectivity index (χ1v) is 7.01. The average Bonchev–Trinajstić information content (AvgIpc) is 2.64. The second-order valence-corrected chi connectivity index (χ2v) is 6.90. The lowest BCUT2D eigenvalue weighted by Crippen LogP contribution is -2.42. The van der Waals surface area contributed by atoms with Gasteiger partial charge in [-0.05, 0) is 41.0 Å². The zero-order valence-corrected chi connectivity index (χ0v) is 12.1. The molecule has 1 atom stereocenters. The quantitative estimate of drug-likeness (QED) is 0.900. The topological polar surface area (TPSA) is 34.2 Å². The molecule has 1 saturated heterocycles. The van der Waals surface area contributed by atoms with E-state index in [4.69, 9.17) is 4.74 Å². The lowest BCUT2D eigenvalue weighted by molar-refractivity contribution is -0.0699. The van der Waals surface area contributed by atoms with Crippen LogP contribution in [0.3, 0.4) is 0 Å². The van der Waals surface area contributed by atoms with Gasteiger partial charge in [-0.25, -0.2) is 4.98 Å². The minimum absolute atomic E-state index is 0.0239. The fourth-order valence-electron chi connectivity index (χ4n) is 2.59. The third-order valence-corrected chi connectivity index (χ3v) is 4.36. The fraction of sp³-hybridized carbons (Fsp3) is 0.769. The lowest BCUT2D eigenvalue weighted by atomic mass is 9.94. The molecule has 0 aromatic carbocycles. The molecule has 1 aromatic heterocycles. The van der Waals surface area contributed by atoms with Crippen molar-refractivity contribution in [2.75, 3.05) is 0 Å². The summed E-state index contributed by atoms with van der Waals surface area (Å²) in [6.07, 6.45) is 1.05. The van der Waals surface area contributed by atoms with Gasteiger partial charge in [0.1, 0.15) is 0 Å². The summed E-state index contributed by atoms with van der Waals surface area (Å²) >= 11 is 1.72. The van der Waals surface area contributed by atoms with E-state index in [0.717, 1.165) is 18.7 Å². The van der Waals surface area contributed by atoms with Gasteiger partial charge in [-0.1, -0.05) is 0 Å². The van der Waals surface area contributed by atoms with E-state index in [9.17, 15) is 0 Å². The first kappa shape index (κ1) is 13.0. The Morgan fingerprint density at radius 1 is 1.47 bits per heavy atom. The van der Waals surface area contributed by atoms with E-state index in [0.29, 0.717) is 6.04 Å². The molecule has 4 heteroatoms. The van der Waals surface area contributed by atoms with E-state index in [1.807, 2.05) is 5.51 Å². The van der Waals surface area contributed by atoms with Crippen molar-refractivity contribution in [3.05, 3.63) is 16.1 Å². The summed E-state index contributed by atoms with van der Waals surface area (Å²) in [6.45, 7) is 11.6. The number of aryl methyl sites for hydroxylation is 1. The third-order valence-electron chi connectivity index (χ3n) is 3.43. The Morgan fingerprint density at radius 3 is 2.65 bits per heavy atom. The minimum atomic E-state index is -0.0951. The van der Waals surface area contributed by atoms with Crippen LogP contribution in [-0.2, 0) is 11.3 Å². The van der Waals surface area contributed by atoms with E-state index >= 15 is 0 Å². The van der Waals surface area contributed by atoms with Gasteiger partial charge >= 0.3 is 0 Å². The van der Waals surface area contributed by atoms with Crippen molar-refractivity contribution >= 4 is 11.3 Å². The Balaban J connectivity index is 1.98. The number of rotatable bonds is 3. The van der Waals surface area contributed by atoms with Gasteiger partial charge in [0.2, 0.25) is 0 Å². The van der Waals surface area contributed by atoms with Crippen molar-refractivity contribution in [1.82, 2.24) is 10.3 Å². The second-order valence-electron chi connectivity index (χ2n) is 5.96. The van der Waals surface area contributed by atoms with Gasteiger partial charge in [0.15, 0.2) is 0 Å². The molecule has 1 aliphatic heterocycles. The second kappa shape index (κ2) is 4.34. The fourth-order valence-corrected chi connectivity index (χ4v) is 3.32. The van der Waals surface area contributed by atoms with Crippen LogP contribution >= 0.6 is 11.3 Å². The normalized spacial score (nSPS) is 26.3. The molecule has 17 heavy (non-hydrogen) atoms. The molecule has 1 unspecified atom stereocenters. The van der Waals surface area contributed by atoms with Crippen molar-refractivity contribution in [2.24, 2.45) is 0 Å². The SMILES string of the molecule is Cc1ncsc1CNC1CC(C)(C)OC1(C)C. The molecule has 2 rings (SSSR count). The lowest BCUT2D eigenvalue weighted by Gasteiger charge is -2.27. The Morgan fingerprint density at radius 2 is 2.18 bits per heavy atom. The summed E-state index contributed by atoms with van der Waals surface area (Å²) in [4.78, 5) is 5.60. The molecule has 1 N–H and O–H groups in total. The minimum Gasteiger partial charge on any atom is -0.368 e. The van der Waals surface area contributed by atoms with Crippen molar-refractivity contribution < 1.29 is 4.74 Å². The molecule has 0 aliphatic carbocycles. The Labute approximate surface area is 108 Å². The Bertz CT molecular complexity index is 398. The maximum Gasteiger partial charge on any atom is 0.0798 e. The van der Waals surface area contributed by atoms with Crippen LogP contribution in [0.1, 0.15) is 44.7 Å². The van der Waals surface area contributed by atoms with Crippen molar-refractivity contribution in [3.63, 3.8) is 0 Å². The molecule has 96 valence electrons. The van der Waals surface area contributed by atoms with Crippen LogP contribution in [0, 0.1) is 6.92 Å². The van der Waals surface area contributed by atoms with E-state index in [-0.39, 0.29) is 11.2 Å². The van der Waals surface area contributed by atoms with Gasteiger partial charge in [-0.15, -0.1) is 11.3 Å². The molecule has 3 nitrogen and oxygen atoms in total. The molecular weight excluding hydrogens is 232 g/mol. The van der Waals surface area contributed by atoms with Gasteiger partial charge in [-0.2, -0.15) is 0 Å². The van der Waals surface area contributed by atoms with Crippen LogP contribution in [0.25, 0.3) is 0 Å². The number of nitrogens with zero attached hydrogens (tertiary/aromatic N) is 1. The smallest absolute Gasteiger partial charge is 0.0798 e. The number of hydrogen-bond donors (Lipinski definition) is 1. The van der Waals surface area contributed by atoms with Gasteiger partial charge in [-0.3, -0.25) is 0 Å². The molecule has 2 heterocycles. The number of thiazole rings is 1. The summed E-state index contributed by atoms with van der Waals surface area (Å²) in [6, 6.07) is 0.402. The molecule has 0 bridgehead atoms. The van der Waals surface area contributed by atoms with Crippen molar-refractivity contribution in [3.8, 4) is 0 Å². The summed E-state index contributed by atoms with van der Waals surface area (Å²) in [5, 5.41) is 3.62. The van der Waals surface area contributed by atoms with Gasteiger partial charge in [0.25, 0.3) is 0 Å². The molecule has 0 saturated carbocycles. The predicted octanol–water partition coefficient (Wildman–Crippen LogP) is 2.89. The van der Waals surface area contributed by atoms with E-state index in [1.54, 1.807) is 11.3 Å². The molecular formula is C13H22N2OS. The van der Waals surface area contributed by atoms with Crippen LogP contribution in [0.15, 0.2) is 5.51 Å². The van der Waals surface area contributed by atoms with Crippen LogP contribution in [0.2, 0.25) is 0 Å². The zero-order valence-electron chi connectivity index (χ0n) is 11.3. The predicted molar refractivity (Wildman–Crippen MR) is 71.3 cm³/mol. The molecule has 0 radical (unpaired) electrons. The summed E-state index contributed by atoms with van der Waals surface area (Å²) < 4.78 is 6.07. The van der Waals surface area contributed by atoms with Crippen LogP contribution in [0.5, 0.6) is 0 Å². The molecule has 0 amide bonds. The molecule has 1 fully saturated rings. The first-order chi connectivity index (χ1) is 7.80. The Hall–Kier alpha value is -0.450. The third kappa shape index (κ3) is 2.87. The maximum atomic E-state index is 6.07. The van der Waals surface area contributed by atoms with E-state index in [1.165, 1.54) is 4.88 Å². The van der Waals surface area contributed by atoms with Gasteiger partial charge in [0.05, 0.1) is 22.4 Å². The highest BCUT2D eigenvalue weighted by molar-refractivity contribution is 7.09. The molecule has 1 aliphatic rings. The van der Waals surface area contributed by atoms with Crippen LogP contribution in [0.4, 0.5) is 0 Å². The number of nitrogens with one attached hydrogen (secondary N) is 1. The van der Waals surface area contributed by atoms with Crippen LogP contribution < -0.4 is 5.32 Å². The standard InChI is InChI=1S/C13H22N2OS/c1-9-10(17-8-15-9)7-14-11-6-12(2,3)16-13(11,4)5/h8,11,14H,6-7H2,1-5H3. The monoisotopic (exact) mass is 254 g/mol.